The summed E-state index contributed by atoms with van der Waals surface area (Å²) in [6.45, 7) is 5.89. The number of benzene rings is 1. The molecular weight excluding hydrogens is 344 g/mol. The first kappa shape index (κ1) is 19.1. The van der Waals surface area contributed by atoms with E-state index >= 15 is 0 Å². The summed E-state index contributed by atoms with van der Waals surface area (Å²) in [7, 11) is 0. The van der Waals surface area contributed by atoms with Crippen LogP contribution < -0.4 is 10.9 Å². The van der Waals surface area contributed by atoms with E-state index in [1.165, 1.54) is 6.42 Å². The smallest absolute Gasteiger partial charge is 0.355 e. The van der Waals surface area contributed by atoms with E-state index in [-0.39, 0.29) is 23.2 Å². The van der Waals surface area contributed by atoms with Crippen LogP contribution >= 0.6 is 0 Å². The van der Waals surface area contributed by atoms with Gasteiger partial charge in [-0.1, -0.05) is 44.9 Å². The van der Waals surface area contributed by atoms with E-state index in [9.17, 15) is 14.4 Å². The Morgan fingerprint density at radius 1 is 1.22 bits per heavy atom. The molecule has 0 spiro atoms. The molecule has 1 saturated carbocycles. The Hall–Kier alpha value is -2.63. The molecule has 6 heteroatoms. The summed E-state index contributed by atoms with van der Waals surface area (Å²) < 4.78 is 5.28. The molecule has 144 valence electrons. The van der Waals surface area contributed by atoms with Crippen molar-refractivity contribution in [1.29, 1.82) is 0 Å². The average molecular weight is 370 g/mol. The fourth-order valence-corrected chi connectivity index (χ4v) is 3.68. The number of nitrogens with one attached hydrogen (secondary N) is 2. The average Bonchev–Trinajstić information content (AvgIpc) is 2.65. The van der Waals surface area contributed by atoms with Gasteiger partial charge in [-0.25, -0.2) is 4.79 Å². The lowest BCUT2D eigenvalue weighted by Gasteiger charge is -2.35. The van der Waals surface area contributed by atoms with Crippen LogP contribution in [0.3, 0.4) is 0 Å². The minimum absolute atomic E-state index is 0.0398. The fraction of sp³-hybridized carbons (Fsp3) is 0.476. The Labute approximate surface area is 158 Å². The van der Waals surface area contributed by atoms with Crippen molar-refractivity contribution < 1.29 is 14.3 Å². The number of esters is 1. The van der Waals surface area contributed by atoms with Crippen LogP contribution in [0.25, 0.3) is 10.8 Å². The van der Waals surface area contributed by atoms with Crippen LogP contribution in [-0.2, 0) is 9.53 Å². The number of hydrogen-bond acceptors (Lipinski definition) is 4. The molecule has 1 fully saturated rings. The molecule has 2 N–H and O–H groups in total. The van der Waals surface area contributed by atoms with Gasteiger partial charge in [0.25, 0.3) is 11.5 Å². The quantitative estimate of drug-likeness (QED) is 0.810. The molecule has 2 aromatic rings. The Balaban J connectivity index is 1.66. The van der Waals surface area contributed by atoms with Gasteiger partial charge in [0.1, 0.15) is 5.69 Å². The van der Waals surface area contributed by atoms with Crippen molar-refractivity contribution in [3.63, 3.8) is 0 Å². The van der Waals surface area contributed by atoms with Gasteiger partial charge in [0.2, 0.25) is 0 Å². The molecule has 1 heterocycles. The Kier molecular flexibility index (Phi) is 5.63. The van der Waals surface area contributed by atoms with Crippen molar-refractivity contribution in [2.45, 2.75) is 52.2 Å². The number of H-pyrrole nitrogens is 1. The monoisotopic (exact) mass is 370 g/mol. The maximum absolute atomic E-state index is 12.4. The third kappa shape index (κ3) is 4.21. The second-order valence-electron chi connectivity index (χ2n) is 7.53. The minimum atomic E-state index is -0.933. The highest BCUT2D eigenvalue weighted by Gasteiger charge is 2.30. The van der Waals surface area contributed by atoms with Crippen LogP contribution in [0, 0.1) is 11.8 Å². The maximum Gasteiger partial charge on any atom is 0.355 e. The Bertz CT molecular complexity index is 904. The molecule has 0 unspecified atom stereocenters. The van der Waals surface area contributed by atoms with Crippen LogP contribution in [0.4, 0.5) is 0 Å². The van der Waals surface area contributed by atoms with Crippen molar-refractivity contribution in [2.24, 2.45) is 11.8 Å². The Morgan fingerprint density at radius 3 is 2.74 bits per heavy atom. The molecular formula is C21H26N2O4. The third-order valence-electron chi connectivity index (χ3n) is 5.66. The van der Waals surface area contributed by atoms with Gasteiger partial charge in [0, 0.05) is 11.4 Å². The highest BCUT2D eigenvalue weighted by molar-refractivity contribution is 5.94. The number of rotatable bonds is 4. The number of fused-ring (bicyclic) bond motifs is 1. The number of carbonyl (C=O) groups excluding carboxylic acids is 2. The summed E-state index contributed by atoms with van der Waals surface area (Å²) in [4.78, 5) is 39.5. The van der Waals surface area contributed by atoms with Crippen LogP contribution in [-0.4, -0.2) is 29.0 Å². The first-order chi connectivity index (χ1) is 12.9. The van der Waals surface area contributed by atoms with Crippen LogP contribution in [0.2, 0.25) is 0 Å². The molecule has 0 bridgehead atoms. The summed E-state index contributed by atoms with van der Waals surface area (Å²) in [5.41, 5.74) is -0.319. The van der Waals surface area contributed by atoms with Crippen LogP contribution in [0.15, 0.2) is 35.1 Å². The summed E-state index contributed by atoms with van der Waals surface area (Å²) in [5, 5.41) is 4.16. The number of pyridine rings is 1. The standard InChI is InChI=1S/C21H26N2O4/c1-12-7-6-10-17(13(12)2)22-19(24)14(3)27-21(26)18-11-15-8-4-5-9-16(15)20(25)23-18/h4-5,8-9,11-14,17H,6-7,10H2,1-3H3,(H,22,24)(H,23,25)/t12-,13-,14-,17+/m0/s1. The van der Waals surface area contributed by atoms with E-state index in [1.54, 1.807) is 37.3 Å². The molecule has 1 aliphatic rings. The molecule has 0 saturated heterocycles. The molecule has 0 aliphatic heterocycles. The lowest BCUT2D eigenvalue weighted by Crippen LogP contribution is -2.47. The van der Waals surface area contributed by atoms with E-state index in [2.05, 4.69) is 24.1 Å². The minimum Gasteiger partial charge on any atom is -0.448 e. The largest absolute Gasteiger partial charge is 0.448 e. The summed E-state index contributed by atoms with van der Waals surface area (Å²) in [6.07, 6.45) is 2.27. The predicted octanol–water partition coefficient (Wildman–Crippen LogP) is 3.01. The first-order valence-corrected chi connectivity index (χ1v) is 9.50. The lowest BCUT2D eigenvalue weighted by atomic mass is 9.78. The van der Waals surface area contributed by atoms with Gasteiger partial charge in [-0.2, -0.15) is 0 Å². The van der Waals surface area contributed by atoms with Crippen molar-refractivity contribution in [3.8, 4) is 0 Å². The molecule has 1 aliphatic carbocycles. The zero-order valence-corrected chi connectivity index (χ0v) is 16.0. The second-order valence-corrected chi connectivity index (χ2v) is 7.53. The normalized spacial score (nSPS) is 23.6. The third-order valence-corrected chi connectivity index (χ3v) is 5.66. The van der Waals surface area contributed by atoms with Gasteiger partial charge in [-0.3, -0.25) is 9.59 Å². The highest BCUT2D eigenvalue weighted by atomic mass is 16.5. The maximum atomic E-state index is 12.4. The van der Waals surface area contributed by atoms with E-state index in [0.717, 1.165) is 12.8 Å². The van der Waals surface area contributed by atoms with Crippen LogP contribution in [0.5, 0.6) is 0 Å². The molecule has 1 aromatic heterocycles. The number of ether oxygens (including phenoxy) is 1. The van der Waals surface area contributed by atoms with Gasteiger partial charge in [-0.05, 0) is 42.7 Å². The number of carbonyl (C=O) groups is 2. The van der Waals surface area contributed by atoms with Gasteiger partial charge in [0.05, 0.1) is 0 Å². The molecule has 6 nitrogen and oxygen atoms in total. The van der Waals surface area contributed by atoms with E-state index in [0.29, 0.717) is 22.6 Å². The van der Waals surface area contributed by atoms with E-state index < -0.39 is 12.1 Å². The summed E-state index contributed by atoms with van der Waals surface area (Å²) in [5.74, 6) is -0.0741. The number of aromatic amines is 1. The molecule has 3 rings (SSSR count). The molecule has 27 heavy (non-hydrogen) atoms. The van der Waals surface area contributed by atoms with Gasteiger partial charge >= 0.3 is 5.97 Å². The highest BCUT2D eigenvalue weighted by Crippen LogP contribution is 2.29. The number of aromatic nitrogens is 1. The van der Waals surface area contributed by atoms with Crippen molar-refractivity contribution in [3.05, 3.63) is 46.4 Å². The summed E-state index contributed by atoms with van der Waals surface area (Å²) >= 11 is 0. The van der Waals surface area contributed by atoms with Crippen molar-refractivity contribution >= 4 is 22.6 Å². The van der Waals surface area contributed by atoms with E-state index in [4.69, 9.17) is 4.74 Å². The zero-order chi connectivity index (χ0) is 19.6. The van der Waals surface area contributed by atoms with Crippen molar-refractivity contribution in [2.75, 3.05) is 0 Å². The van der Waals surface area contributed by atoms with Gasteiger partial charge < -0.3 is 15.0 Å². The lowest BCUT2D eigenvalue weighted by molar-refractivity contribution is -0.130. The number of amides is 1. The Morgan fingerprint density at radius 2 is 1.96 bits per heavy atom. The van der Waals surface area contributed by atoms with Gasteiger partial charge in [-0.15, -0.1) is 0 Å². The number of hydrogen-bond donors (Lipinski definition) is 2. The molecule has 1 aromatic carbocycles. The first-order valence-electron chi connectivity index (χ1n) is 9.50. The predicted molar refractivity (Wildman–Crippen MR) is 104 cm³/mol. The molecule has 4 atom stereocenters. The van der Waals surface area contributed by atoms with Crippen molar-refractivity contribution in [1.82, 2.24) is 10.3 Å². The fourth-order valence-electron chi connectivity index (χ4n) is 3.68. The summed E-state index contributed by atoms with van der Waals surface area (Å²) in [6, 6.07) is 8.65. The zero-order valence-electron chi connectivity index (χ0n) is 16.0. The van der Waals surface area contributed by atoms with Crippen LogP contribution in [0.1, 0.15) is 50.5 Å². The van der Waals surface area contributed by atoms with Gasteiger partial charge in [0.15, 0.2) is 6.10 Å². The molecule has 0 radical (unpaired) electrons. The second kappa shape index (κ2) is 7.94. The van der Waals surface area contributed by atoms with E-state index in [1.807, 2.05) is 0 Å². The topological polar surface area (TPSA) is 88.3 Å². The molecule has 1 amide bonds. The SMILES string of the molecule is C[C@H]1[C@@H](C)CCC[C@H]1NC(=O)[C@H](C)OC(=O)c1cc2ccccc2c(=O)[nH]1.